The molecular formula is C9H20N2O2S. The molecule has 84 valence electrons. The number of carboxylic acid groups (broad SMARTS) is 1. The predicted octanol–water partition coefficient (Wildman–Crippen LogP) is 1.51. The zero-order valence-electron chi connectivity index (χ0n) is 8.50. The molecule has 0 aromatic heterocycles. The van der Waals surface area contributed by atoms with Gasteiger partial charge in [0.05, 0.1) is 0 Å². The summed E-state index contributed by atoms with van der Waals surface area (Å²) < 4.78 is 0. The van der Waals surface area contributed by atoms with E-state index in [1.165, 1.54) is 0 Å². The molecule has 5 heteroatoms. The third-order valence-electron chi connectivity index (χ3n) is 1.78. The van der Waals surface area contributed by atoms with Crippen LogP contribution in [0.5, 0.6) is 0 Å². The SMILES string of the molecule is NCCCCNCCCCSC(=O)O. The molecule has 4 N–H and O–H groups in total. The van der Waals surface area contributed by atoms with E-state index in [1.54, 1.807) is 0 Å². The van der Waals surface area contributed by atoms with Gasteiger partial charge in [-0.05, 0) is 57.1 Å². The van der Waals surface area contributed by atoms with Crippen LogP contribution in [0, 0.1) is 0 Å². The Hall–Kier alpha value is -0.260. The highest BCUT2D eigenvalue weighted by Gasteiger charge is 1.96. The average molecular weight is 220 g/mol. The van der Waals surface area contributed by atoms with E-state index in [0.717, 1.165) is 57.1 Å². The Kier molecular flexibility index (Phi) is 10.6. The van der Waals surface area contributed by atoms with E-state index in [9.17, 15) is 4.79 Å². The first kappa shape index (κ1) is 13.7. The fourth-order valence-electron chi connectivity index (χ4n) is 1.03. The van der Waals surface area contributed by atoms with Crippen molar-refractivity contribution in [3.8, 4) is 0 Å². The van der Waals surface area contributed by atoms with Crippen LogP contribution < -0.4 is 11.1 Å². The van der Waals surface area contributed by atoms with Crippen LogP contribution in [-0.2, 0) is 0 Å². The number of unbranched alkanes of at least 4 members (excludes halogenated alkanes) is 2. The van der Waals surface area contributed by atoms with E-state index in [4.69, 9.17) is 10.8 Å². The maximum absolute atomic E-state index is 10.1. The fourth-order valence-corrected chi connectivity index (χ4v) is 1.55. The van der Waals surface area contributed by atoms with Crippen molar-refractivity contribution in [2.24, 2.45) is 5.73 Å². The molecule has 0 saturated heterocycles. The van der Waals surface area contributed by atoms with Gasteiger partial charge >= 0.3 is 5.30 Å². The summed E-state index contributed by atoms with van der Waals surface area (Å²) in [6.45, 7) is 2.75. The van der Waals surface area contributed by atoms with Crippen LogP contribution in [0.4, 0.5) is 4.79 Å². The van der Waals surface area contributed by atoms with Crippen LogP contribution in [0.2, 0.25) is 0 Å². The number of rotatable bonds is 9. The van der Waals surface area contributed by atoms with Crippen molar-refractivity contribution in [2.75, 3.05) is 25.4 Å². The van der Waals surface area contributed by atoms with Gasteiger partial charge < -0.3 is 16.2 Å². The Morgan fingerprint density at radius 1 is 1.21 bits per heavy atom. The maximum Gasteiger partial charge on any atom is 0.364 e. The summed E-state index contributed by atoms with van der Waals surface area (Å²) in [5.41, 5.74) is 5.35. The van der Waals surface area contributed by atoms with Crippen LogP contribution in [0.15, 0.2) is 0 Å². The quantitative estimate of drug-likeness (QED) is 0.513. The summed E-state index contributed by atoms with van der Waals surface area (Å²) in [5.74, 6) is 0.708. The lowest BCUT2D eigenvalue weighted by Crippen LogP contribution is -2.17. The summed E-state index contributed by atoms with van der Waals surface area (Å²) >= 11 is 0.976. The number of carbonyl (C=O) groups is 1. The first-order valence-corrected chi connectivity index (χ1v) is 6.02. The molecule has 0 saturated carbocycles. The minimum atomic E-state index is -0.777. The van der Waals surface area contributed by atoms with Gasteiger partial charge in [-0.25, -0.2) is 4.79 Å². The van der Waals surface area contributed by atoms with Crippen LogP contribution in [0.3, 0.4) is 0 Å². The lowest BCUT2D eigenvalue weighted by Gasteiger charge is -2.02. The molecule has 0 spiro atoms. The molecule has 0 unspecified atom stereocenters. The number of hydrogen-bond acceptors (Lipinski definition) is 4. The lowest BCUT2D eigenvalue weighted by molar-refractivity contribution is 0.222. The lowest BCUT2D eigenvalue weighted by atomic mass is 10.3. The van der Waals surface area contributed by atoms with E-state index in [1.807, 2.05) is 0 Å². The highest BCUT2D eigenvalue weighted by atomic mass is 32.2. The molecule has 0 aromatic rings. The molecule has 14 heavy (non-hydrogen) atoms. The molecule has 0 bridgehead atoms. The zero-order chi connectivity index (χ0) is 10.6. The minimum Gasteiger partial charge on any atom is -0.473 e. The van der Waals surface area contributed by atoms with Gasteiger partial charge in [0.1, 0.15) is 0 Å². The summed E-state index contributed by atoms with van der Waals surface area (Å²) in [5, 5.41) is 10.9. The standard InChI is InChI=1S/C9H20N2O2S/c10-5-1-2-6-11-7-3-4-8-14-9(12)13/h11H,1-8,10H2,(H,12,13). The molecule has 0 radical (unpaired) electrons. The highest BCUT2D eigenvalue weighted by molar-refractivity contribution is 8.13. The van der Waals surface area contributed by atoms with Crippen molar-refractivity contribution < 1.29 is 9.90 Å². The van der Waals surface area contributed by atoms with Crippen molar-refractivity contribution in [3.05, 3.63) is 0 Å². The average Bonchev–Trinajstić information content (AvgIpc) is 2.15. The normalized spacial score (nSPS) is 10.4. The van der Waals surface area contributed by atoms with E-state index >= 15 is 0 Å². The van der Waals surface area contributed by atoms with E-state index in [2.05, 4.69) is 5.32 Å². The first-order valence-electron chi connectivity index (χ1n) is 5.04. The molecule has 0 atom stereocenters. The van der Waals surface area contributed by atoms with Gasteiger partial charge in [-0.1, -0.05) is 0 Å². The van der Waals surface area contributed by atoms with E-state index in [-0.39, 0.29) is 0 Å². The Morgan fingerprint density at radius 3 is 2.43 bits per heavy atom. The van der Waals surface area contributed by atoms with Crippen LogP contribution in [0.1, 0.15) is 25.7 Å². The maximum atomic E-state index is 10.1. The van der Waals surface area contributed by atoms with Crippen LogP contribution in [0.25, 0.3) is 0 Å². The largest absolute Gasteiger partial charge is 0.473 e. The summed E-state index contributed by atoms with van der Waals surface area (Å²) in [4.78, 5) is 10.1. The Labute approximate surface area is 89.6 Å². The Balaban J connectivity index is 2.88. The smallest absolute Gasteiger partial charge is 0.364 e. The van der Waals surface area contributed by atoms with Gasteiger partial charge in [0.25, 0.3) is 0 Å². The van der Waals surface area contributed by atoms with Crippen LogP contribution >= 0.6 is 11.8 Å². The van der Waals surface area contributed by atoms with Crippen LogP contribution in [-0.4, -0.2) is 35.8 Å². The highest BCUT2D eigenvalue weighted by Crippen LogP contribution is 2.04. The molecule has 0 aliphatic heterocycles. The second-order valence-corrected chi connectivity index (χ2v) is 4.11. The van der Waals surface area contributed by atoms with Gasteiger partial charge in [0, 0.05) is 5.75 Å². The number of nitrogens with one attached hydrogen (secondary N) is 1. The van der Waals surface area contributed by atoms with Crippen molar-refractivity contribution in [1.82, 2.24) is 5.32 Å². The third-order valence-corrected chi connectivity index (χ3v) is 2.52. The molecular weight excluding hydrogens is 200 g/mol. The molecule has 0 amide bonds. The molecule has 0 aliphatic rings. The van der Waals surface area contributed by atoms with Crippen molar-refractivity contribution >= 4 is 17.1 Å². The second-order valence-electron chi connectivity index (χ2n) is 3.07. The molecule has 0 heterocycles. The number of nitrogens with two attached hydrogens (primary N) is 1. The minimum absolute atomic E-state index is 0.708. The van der Waals surface area contributed by atoms with Gasteiger partial charge in [0.15, 0.2) is 0 Å². The van der Waals surface area contributed by atoms with Crippen molar-refractivity contribution in [2.45, 2.75) is 25.7 Å². The Morgan fingerprint density at radius 2 is 1.86 bits per heavy atom. The van der Waals surface area contributed by atoms with Crippen molar-refractivity contribution in [3.63, 3.8) is 0 Å². The summed E-state index contributed by atoms with van der Waals surface area (Å²) in [6, 6.07) is 0. The Bertz CT molecular complexity index is 145. The molecule has 0 rings (SSSR count). The third kappa shape index (κ3) is 11.7. The molecule has 0 aromatic carbocycles. The van der Waals surface area contributed by atoms with Gasteiger partial charge in [-0.2, -0.15) is 0 Å². The molecule has 0 fully saturated rings. The summed E-state index contributed by atoms with van der Waals surface area (Å²) in [6.07, 6.45) is 4.20. The number of thioether (sulfide) groups is 1. The second kappa shape index (κ2) is 10.8. The van der Waals surface area contributed by atoms with Gasteiger partial charge in [-0.15, -0.1) is 0 Å². The van der Waals surface area contributed by atoms with Gasteiger partial charge in [-0.3, -0.25) is 0 Å². The van der Waals surface area contributed by atoms with Crippen molar-refractivity contribution in [1.29, 1.82) is 0 Å². The van der Waals surface area contributed by atoms with E-state index in [0.29, 0.717) is 5.75 Å². The number of hydrogen-bond donors (Lipinski definition) is 3. The fraction of sp³-hybridized carbons (Fsp3) is 0.889. The van der Waals surface area contributed by atoms with Gasteiger partial charge in [0.2, 0.25) is 0 Å². The van der Waals surface area contributed by atoms with E-state index < -0.39 is 5.30 Å². The topological polar surface area (TPSA) is 75.3 Å². The molecule has 0 aliphatic carbocycles. The predicted molar refractivity (Wildman–Crippen MR) is 60.9 cm³/mol. The summed E-state index contributed by atoms with van der Waals surface area (Å²) in [7, 11) is 0. The monoisotopic (exact) mass is 220 g/mol. The first-order chi connectivity index (χ1) is 6.77. The zero-order valence-corrected chi connectivity index (χ0v) is 9.31. The molecule has 4 nitrogen and oxygen atoms in total.